The van der Waals surface area contributed by atoms with Crippen LogP contribution in [0.25, 0.3) is 5.65 Å². The van der Waals surface area contributed by atoms with Crippen molar-refractivity contribution in [2.24, 2.45) is 5.73 Å². The third-order valence-electron chi connectivity index (χ3n) is 6.73. The van der Waals surface area contributed by atoms with Crippen LogP contribution < -0.4 is 16.4 Å². The first kappa shape index (κ1) is 22.6. The molecule has 2 aliphatic rings. The largest absolute Gasteiger partial charge is 0.465 e. The van der Waals surface area contributed by atoms with E-state index in [2.05, 4.69) is 10.6 Å². The molecular weight excluding hydrogens is 406 g/mol. The summed E-state index contributed by atoms with van der Waals surface area (Å²) in [4.78, 5) is 30.1. The van der Waals surface area contributed by atoms with Gasteiger partial charge in [0.05, 0.1) is 17.9 Å². The molecule has 4 rings (SSSR count). The number of amides is 1. The number of aromatic nitrogens is 2. The van der Waals surface area contributed by atoms with Gasteiger partial charge in [-0.3, -0.25) is 14.0 Å². The number of fused-ring (bicyclic) bond motifs is 1. The molecule has 2 aromatic heterocycles. The molecule has 0 unspecified atom stereocenters. The van der Waals surface area contributed by atoms with E-state index in [0.29, 0.717) is 23.7 Å². The number of pyridine rings is 1. The normalized spacial score (nSPS) is 21.9. The number of nitrogens with one attached hydrogen (secondary N) is 2. The van der Waals surface area contributed by atoms with Crippen molar-refractivity contribution in [3.05, 3.63) is 29.6 Å². The first-order chi connectivity index (χ1) is 15.6. The summed E-state index contributed by atoms with van der Waals surface area (Å²) in [7, 11) is 0. The lowest BCUT2D eigenvalue weighted by atomic mass is 9.87. The summed E-state index contributed by atoms with van der Waals surface area (Å²) in [6.45, 7) is 2.21. The molecule has 0 aliphatic heterocycles. The van der Waals surface area contributed by atoms with Crippen LogP contribution in [-0.4, -0.2) is 46.5 Å². The third-order valence-corrected chi connectivity index (χ3v) is 6.73. The van der Waals surface area contributed by atoms with Gasteiger partial charge in [0.2, 0.25) is 0 Å². The Morgan fingerprint density at radius 3 is 2.62 bits per heavy atom. The summed E-state index contributed by atoms with van der Waals surface area (Å²) < 4.78 is 7.00. The Balaban J connectivity index is 1.63. The number of nitrogens with two attached hydrogens (primary N) is 1. The van der Waals surface area contributed by atoms with E-state index in [0.717, 1.165) is 50.0 Å². The molecule has 0 radical (unpaired) electrons. The van der Waals surface area contributed by atoms with Crippen molar-refractivity contribution in [2.75, 3.05) is 18.5 Å². The molecule has 32 heavy (non-hydrogen) atoms. The molecule has 0 bridgehead atoms. The number of ether oxygens (including phenoxy) is 1. The summed E-state index contributed by atoms with van der Waals surface area (Å²) in [6, 6.07) is 4.08. The van der Waals surface area contributed by atoms with Crippen molar-refractivity contribution in [2.45, 2.75) is 82.7 Å². The summed E-state index contributed by atoms with van der Waals surface area (Å²) in [5.41, 5.74) is 8.14. The van der Waals surface area contributed by atoms with Crippen molar-refractivity contribution in [3.8, 4) is 0 Å². The van der Waals surface area contributed by atoms with E-state index >= 15 is 0 Å². The molecule has 1 amide bonds. The summed E-state index contributed by atoms with van der Waals surface area (Å²) in [5, 5.41) is 6.43. The van der Waals surface area contributed by atoms with Crippen LogP contribution in [0.4, 0.5) is 5.82 Å². The molecule has 0 aromatic carbocycles. The Labute approximate surface area is 189 Å². The monoisotopic (exact) mass is 441 g/mol. The molecule has 0 atom stereocenters. The Morgan fingerprint density at radius 2 is 1.91 bits per heavy atom. The average molecular weight is 442 g/mol. The number of carbonyl (C=O) groups is 2. The topological polar surface area (TPSA) is 111 Å². The lowest BCUT2D eigenvalue weighted by Crippen LogP contribution is -2.40. The Bertz CT molecular complexity index is 943. The molecule has 0 spiro atoms. The molecule has 0 saturated heterocycles. The molecule has 2 aromatic rings. The van der Waals surface area contributed by atoms with Crippen LogP contribution in [0.2, 0.25) is 0 Å². The van der Waals surface area contributed by atoms with E-state index in [-0.39, 0.29) is 30.5 Å². The van der Waals surface area contributed by atoms with Crippen LogP contribution >= 0.6 is 0 Å². The number of anilines is 1. The van der Waals surface area contributed by atoms with Gasteiger partial charge in [-0.1, -0.05) is 19.3 Å². The van der Waals surface area contributed by atoms with Gasteiger partial charge in [-0.2, -0.15) is 0 Å². The number of imidazole rings is 1. The molecule has 4 N–H and O–H groups in total. The van der Waals surface area contributed by atoms with Gasteiger partial charge < -0.3 is 21.1 Å². The van der Waals surface area contributed by atoms with Gasteiger partial charge in [0.25, 0.3) is 5.91 Å². The van der Waals surface area contributed by atoms with Crippen LogP contribution in [0.1, 0.15) is 86.7 Å². The molecule has 8 nitrogen and oxygen atoms in total. The highest BCUT2D eigenvalue weighted by molar-refractivity contribution is 6.00. The highest BCUT2D eigenvalue weighted by Crippen LogP contribution is 2.37. The number of hydrogen-bond donors (Lipinski definition) is 3. The van der Waals surface area contributed by atoms with E-state index in [9.17, 15) is 9.59 Å². The second-order valence-electron chi connectivity index (χ2n) is 9.04. The fraction of sp³-hybridized carbons (Fsp3) is 0.625. The molecule has 8 heteroatoms. The van der Waals surface area contributed by atoms with Gasteiger partial charge in [0.1, 0.15) is 12.4 Å². The smallest absolute Gasteiger partial charge is 0.325 e. The number of hydrogen-bond acceptors (Lipinski definition) is 6. The quantitative estimate of drug-likeness (QED) is 0.568. The zero-order valence-corrected chi connectivity index (χ0v) is 18.9. The van der Waals surface area contributed by atoms with Crippen LogP contribution in [0, 0.1) is 0 Å². The lowest BCUT2D eigenvalue weighted by Gasteiger charge is -2.26. The van der Waals surface area contributed by atoms with Gasteiger partial charge in [-0.25, -0.2) is 4.98 Å². The minimum absolute atomic E-state index is 0.0696. The highest BCUT2D eigenvalue weighted by Gasteiger charge is 2.27. The van der Waals surface area contributed by atoms with Crippen LogP contribution in [0.3, 0.4) is 0 Å². The van der Waals surface area contributed by atoms with Crippen molar-refractivity contribution in [1.29, 1.82) is 0 Å². The van der Waals surface area contributed by atoms with Gasteiger partial charge in [0.15, 0.2) is 5.65 Å². The van der Waals surface area contributed by atoms with Gasteiger partial charge >= 0.3 is 5.97 Å². The Kier molecular flexibility index (Phi) is 7.29. The van der Waals surface area contributed by atoms with Crippen LogP contribution in [0.15, 0.2) is 18.3 Å². The maximum absolute atomic E-state index is 13.2. The van der Waals surface area contributed by atoms with E-state index in [1.165, 1.54) is 19.3 Å². The lowest BCUT2D eigenvalue weighted by molar-refractivity contribution is -0.140. The first-order valence-electron chi connectivity index (χ1n) is 12.0. The highest BCUT2D eigenvalue weighted by atomic mass is 16.5. The van der Waals surface area contributed by atoms with Crippen LogP contribution in [-0.2, 0) is 9.53 Å². The maximum atomic E-state index is 13.2. The van der Waals surface area contributed by atoms with Crippen LogP contribution in [0.5, 0.6) is 0 Å². The third kappa shape index (κ3) is 5.06. The van der Waals surface area contributed by atoms with E-state index in [4.69, 9.17) is 15.5 Å². The number of carbonyl (C=O) groups excluding carboxylic acids is 2. The molecule has 2 saturated carbocycles. The maximum Gasteiger partial charge on any atom is 0.325 e. The Hall–Kier alpha value is -2.61. The van der Waals surface area contributed by atoms with E-state index < -0.39 is 0 Å². The van der Waals surface area contributed by atoms with Crippen molar-refractivity contribution >= 4 is 23.3 Å². The Morgan fingerprint density at radius 1 is 1.16 bits per heavy atom. The van der Waals surface area contributed by atoms with E-state index in [1.807, 2.05) is 22.7 Å². The predicted octanol–water partition coefficient (Wildman–Crippen LogP) is 3.36. The molecule has 174 valence electrons. The zero-order valence-electron chi connectivity index (χ0n) is 18.9. The number of esters is 1. The molecule has 2 heterocycles. The minimum Gasteiger partial charge on any atom is -0.465 e. The van der Waals surface area contributed by atoms with Gasteiger partial charge in [0, 0.05) is 24.2 Å². The minimum atomic E-state index is -0.304. The fourth-order valence-electron chi connectivity index (χ4n) is 4.99. The molecule has 2 fully saturated rings. The van der Waals surface area contributed by atoms with Crippen molar-refractivity contribution in [3.63, 3.8) is 0 Å². The van der Waals surface area contributed by atoms with Crippen molar-refractivity contribution < 1.29 is 14.3 Å². The van der Waals surface area contributed by atoms with Crippen molar-refractivity contribution in [1.82, 2.24) is 14.7 Å². The second-order valence-corrected chi connectivity index (χ2v) is 9.04. The molecule has 2 aliphatic carbocycles. The summed E-state index contributed by atoms with van der Waals surface area (Å²) in [5.74, 6) is 0.706. The zero-order chi connectivity index (χ0) is 22.5. The van der Waals surface area contributed by atoms with Gasteiger partial charge in [-0.15, -0.1) is 0 Å². The number of nitrogens with zero attached hydrogens (tertiary/aromatic N) is 2. The second kappa shape index (κ2) is 10.3. The number of rotatable bonds is 7. The van der Waals surface area contributed by atoms with E-state index in [1.54, 1.807) is 6.92 Å². The van der Waals surface area contributed by atoms with Gasteiger partial charge in [-0.05, 0) is 57.6 Å². The average Bonchev–Trinajstić information content (AvgIpc) is 3.18. The SMILES string of the molecule is CCOC(=O)CNc1c(C2CCCCC2)nc2c(C(=O)NC3CCC(N)CC3)cccn12. The predicted molar refractivity (Wildman–Crippen MR) is 124 cm³/mol. The fourth-order valence-corrected chi connectivity index (χ4v) is 4.99. The first-order valence-corrected chi connectivity index (χ1v) is 12.0. The summed E-state index contributed by atoms with van der Waals surface area (Å²) in [6.07, 6.45) is 11.3. The standard InChI is InChI=1S/C24H35N5O3/c1-2-32-20(30)15-26-23-21(16-7-4-3-5-8-16)28-22-19(9-6-14-29(22)23)24(31)27-18-12-10-17(25)11-13-18/h6,9,14,16-18,26H,2-5,7-8,10-13,15,25H2,1H3,(H,27,31). The molecular formula is C24H35N5O3. The summed E-state index contributed by atoms with van der Waals surface area (Å²) >= 11 is 0.